The van der Waals surface area contributed by atoms with Crippen LogP contribution >= 0.6 is 11.6 Å². The molecule has 2 rings (SSSR count). The number of para-hydroxylation sites is 1. The van der Waals surface area contributed by atoms with Crippen LogP contribution in [0.3, 0.4) is 0 Å². The number of hydrogen-bond donors (Lipinski definition) is 3. The molecule has 2 aromatic carbocycles. The molecule has 0 aromatic heterocycles. The Morgan fingerprint density at radius 1 is 0.932 bits per heavy atom. The second-order valence-corrected chi connectivity index (χ2v) is 12.7. The Kier molecular flexibility index (Phi) is 14.2. The predicted octanol–water partition coefficient (Wildman–Crippen LogP) is 6.90. The van der Waals surface area contributed by atoms with Gasteiger partial charge in [0, 0.05) is 6.54 Å². The molecular weight excluding hydrogens is 580 g/mol. The van der Waals surface area contributed by atoms with Crippen LogP contribution < -0.4 is 16.4 Å². The van der Waals surface area contributed by atoms with E-state index >= 15 is 0 Å². The highest BCUT2D eigenvalue weighted by molar-refractivity contribution is 6.34. The van der Waals surface area contributed by atoms with E-state index in [9.17, 15) is 19.2 Å². The summed E-state index contributed by atoms with van der Waals surface area (Å²) in [6.45, 7) is 13.2. The van der Waals surface area contributed by atoms with Crippen LogP contribution in [0.15, 0.2) is 36.4 Å². The molecule has 44 heavy (non-hydrogen) atoms. The largest absolute Gasteiger partial charge is 0.444 e. The lowest BCUT2D eigenvalue weighted by Crippen LogP contribution is -2.53. The van der Waals surface area contributed by atoms with Crippen molar-refractivity contribution in [2.75, 3.05) is 11.9 Å². The van der Waals surface area contributed by atoms with Crippen molar-refractivity contribution in [1.29, 1.82) is 0 Å². The molecule has 2 atom stereocenters. The van der Waals surface area contributed by atoms with E-state index in [1.807, 2.05) is 45.0 Å². The molecule has 0 aliphatic rings. The number of nitrogens with one attached hydrogen (secondary N) is 2. The van der Waals surface area contributed by atoms with Crippen LogP contribution in [-0.2, 0) is 19.1 Å². The molecule has 0 spiro atoms. The van der Waals surface area contributed by atoms with Crippen molar-refractivity contribution in [3.8, 4) is 0 Å². The van der Waals surface area contributed by atoms with Gasteiger partial charge in [0.2, 0.25) is 11.8 Å². The predicted molar refractivity (Wildman–Crippen MR) is 176 cm³/mol. The number of ether oxygens (including phenoxy) is 1. The SMILES string of the molecule is CCCCCCCCN(C(=O)C(CC(N)=O)NC(=O)OC(C)(C)C)C(C(=O)Nc1c(C)cccc1Cl)c1ccc(C)c(C)c1. The summed E-state index contributed by atoms with van der Waals surface area (Å²) in [7, 11) is 0. The van der Waals surface area contributed by atoms with E-state index in [2.05, 4.69) is 17.6 Å². The Balaban J connectivity index is 2.60. The summed E-state index contributed by atoms with van der Waals surface area (Å²) in [5, 5.41) is 5.84. The summed E-state index contributed by atoms with van der Waals surface area (Å²) in [6, 6.07) is 8.47. The number of amides is 4. The molecule has 242 valence electrons. The number of unbranched alkanes of at least 4 members (excludes halogenated alkanes) is 5. The van der Waals surface area contributed by atoms with Gasteiger partial charge in [0.15, 0.2) is 0 Å². The van der Waals surface area contributed by atoms with Crippen LogP contribution in [0.5, 0.6) is 0 Å². The molecule has 0 heterocycles. The molecule has 4 N–H and O–H groups in total. The highest BCUT2D eigenvalue weighted by Gasteiger charge is 2.37. The van der Waals surface area contributed by atoms with Gasteiger partial charge < -0.3 is 26.0 Å². The van der Waals surface area contributed by atoms with Crippen molar-refractivity contribution in [3.05, 3.63) is 63.7 Å². The van der Waals surface area contributed by atoms with Gasteiger partial charge in [-0.15, -0.1) is 0 Å². The van der Waals surface area contributed by atoms with Gasteiger partial charge in [0.05, 0.1) is 17.1 Å². The Labute approximate surface area is 267 Å². The smallest absolute Gasteiger partial charge is 0.408 e. The summed E-state index contributed by atoms with van der Waals surface area (Å²) in [5.74, 6) is -1.87. The number of carbonyl (C=O) groups is 4. The fourth-order valence-corrected chi connectivity index (χ4v) is 5.14. The molecule has 0 radical (unpaired) electrons. The summed E-state index contributed by atoms with van der Waals surface area (Å²) < 4.78 is 5.38. The molecule has 0 fully saturated rings. The number of benzene rings is 2. The first kappa shape index (κ1) is 36.6. The lowest BCUT2D eigenvalue weighted by Gasteiger charge is -2.35. The van der Waals surface area contributed by atoms with E-state index in [0.717, 1.165) is 48.8 Å². The second-order valence-electron chi connectivity index (χ2n) is 12.3. The summed E-state index contributed by atoms with van der Waals surface area (Å²) >= 11 is 6.47. The highest BCUT2D eigenvalue weighted by Crippen LogP contribution is 2.30. The van der Waals surface area contributed by atoms with Gasteiger partial charge in [-0.3, -0.25) is 14.4 Å². The number of halogens is 1. The number of anilines is 1. The van der Waals surface area contributed by atoms with Crippen molar-refractivity contribution in [3.63, 3.8) is 0 Å². The average molecular weight is 629 g/mol. The number of primary amides is 1. The van der Waals surface area contributed by atoms with E-state index in [1.54, 1.807) is 32.9 Å². The lowest BCUT2D eigenvalue weighted by atomic mass is 9.97. The third-order valence-electron chi connectivity index (χ3n) is 7.31. The van der Waals surface area contributed by atoms with Crippen LogP contribution in [-0.4, -0.2) is 46.9 Å². The van der Waals surface area contributed by atoms with Crippen LogP contribution in [0, 0.1) is 20.8 Å². The van der Waals surface area contributed by atoms with Crippen molar-refractivity contribution in [1.82, 2.24) is 10.2 Å². The standard InChI is InChI=1S/C34H49ClN4O5/c1-8-9-10-11-12-13-19-39(32(42)27(21-28(36)40)37-33(43)44-34(5,6)7)30(25-18-17-22(2)24(4)20-25)31(41)38-29-23(3)15-14-16-26(29)35/h14-18,20,27,30H,8-13,19,21H2,1-7H3,(H2,36,40)(H,37,43)(H,38,41). The number of carbonyl (C=O) groups excluding carboxylic acids is 4. The van der Waals surface area contributed by atoms with E-state index in [-0.39, 0.29) is 6.54 Å². The first-order chi connectivity index (χ1) is 20.6. The minimum absolute atomic E-state index is 0.211. The van der Waals surface area contributed by atoms with Crippen molar-refractivity contribution in [2.24, 2.45) is 5.73 Å². The quantitative estimate of drug-likeness (QED) is 0.185. The van der Waals surface area contributed by atoms with Crippen LogP contribution in [0.2, 0.25) is 5.02 Å². The highest BCUT2D eigenvalue weighted by atomic mass is 35.5. The zero-order valence-electron chi connectivity index (χ0n) is 27.2. The number of nitrogens with two attached hydrogens (primary N) is 1. The lowest BCUT2D eigenvalue weighted by molar-refractivity contribution is -0.142. The zero-order valence-corrected chi connectivity index (χ0v) is 28.0. The number of aryl methyl sites for hydroxylation is 3. The van der Waals surface area contributed by atoms with Gasteiger partial charge in [-0.2, -0.15) is 0 Å². The summed E-state index contributed by atoms with van der Waals surface area (Å²) in [5.41, 5.74) is 8.46. The zero-order chi connectivity index (χ0) is 33.0. The number of rotatable bonds is 15. The molecule has 0 aliphatic heterocycles. The molecule has 2 aromatic rings. The maximum atomic E-state index is 14.3. The van der Waals surface area contributed by atoms with E-state index in [0.29, 0.717) is 22.7 Å². The number of nitrogens with zero attached hydrogens (tertiary/aromatic N) is 1. The van der Waals surface area contributed by atoms with Crippen molar-refractivity contribution >= 4 is 41.1 Å². The fourth-order valence-electron chi connectivity index (χ4n) is 4.87. The monoisotopic (exact) mass is 628 g/mol. The van der Waals surface area contributed by atoms with Gasteiger partial charge in [-0.05, 0) is 76.3 Å². The molecule has 2 unspecified atom stereocenters. The molecule has 0 saturated heterocycles. The van der Waals surface area contributed by atoms with Gasteiger partial charge in [0.25, 0.3) is 5.91 Å². The normalized spacial score (nSPS) is 12.6. The maximum absolute atomic E-state index is 14.3. The van der Waals surface area contributed by atoms with Crippen LogP contribution in [0.25, 0.3) is 0 Å². The Morgan fingerprint density at radius 2 is 1.59 bits per heavy atom. The Bertz CT molecular complexity index is 1290. The maximum Gasteiger partial charge on any atom is 0.408 e. The molecule has 10 heteroatoms. The molecule has 4 amide bonds. The molecule has 9 nitrogen and oxygen atoms in total. The Morgan fingerprint density at radius 3 is 2.18 bits per heavy atom. The topological polar surface area (TPSA) is 131 Å². The summed E-state index contributed by atoms with van der Waals surface area (Å²) in [6.07, 6.45) is 4.41. The first-order valence-electron chi connectivity index (χ1n) is 15.4. The number of alkyl carbamates (subject to hydrolysis) is 1. The van der Waals surface area contributed by atoms with Crippen LogP contribution in [0.1, 0.15) is 101 Å². The third kappa shape index (κ3) is 11.5. The molecule has 0 saturated carbocycles. The van der Waals surface area contributed by atoms with Crippen molar-refractivity contribution in [2.45, 2.75) is 111 Å². The molecular formula is C34H49ClN4O5. The van der Waals surface area contributed by atoms with E-state index < -0.39 is 47.9 Å². The van der Waals surface area contributed by atoms with Gasteiger partial charge in [-0.25, -0.2) is 4.79 Å². The van der Waals surface area contributed by atoms with Crippen LogP contribution in [0.4, 0.5) is 10.5 Å². The fraction of sp³-hybridized carbons (Fsp3) is 0.529. The molecule has 0 aliphatic carbocycles. The molecule has 0 bridgehead atoms. The average Bonchev–Trinajstić information content (AvgIpc) is 2.91. The second kappa shape index (κ2) is 17.0. The minimum atomic E-state index is -1.34. The van der Waals surface area contributed by atoms with Crippen molar-refractivity contribution < 1.29 is 23.9 Å². The summed E-state index contributed by atoms with van der Waals surface area (Å²) in [4.78, 5) is 54.9. The third-order valence-corrected chi connectivity index (χ3v) is 7.62. The first-order valence-corrected chi connectivity index (χ1v) is 15.7. The van der Waals surface area contributed by atoms with E-state index in [1.165, 1.54) is 4.90 Å². The Hall–Kier alpha value is -3.59. The van der Waals surface area contributed by atoms with Gasteiger partial charge in [-0.1, -0.05) is 81.0 Å². The number of hydrogen-bond acceptors (Lipinski definition) is 5. The minimum Gasteiger partial charge on any atom is -0.444 e. The van der Waals surface area contributed by atoms with Gasteiger partial charge >= 0.3 is 6.09 Å². The van der Waals surface area contributed by atoms with E-state index in [4.69, 9.17) is 22.1 Å². The van der Waals surface area contributed by atoms with Gasteiger partial charge in [0.1, 0.15) is 17.7 Å².